The lowest BCUT2D eigenvalue weighted by atomic mass is 10.1. The molecule has 0 bridgehead atoms. The van der Waals surface area contributed by atoms with E-state index in [1.54, 1.807) is 0 Å². The van der Waals surface area contributed by atoms with Crippen molar-refractivity contribution in [1.82, 2.24) is 15.1 Å². The summed E-state index contributed by atoms with van der Waals surface area (Å²) < 4.78 is 7.56. The fourth-order valence-electron chi connectivity index (χ4n) is 2.53. The molecule has 0 fully saturated rings. The fourth-order valence-corrected chi connectivity index (χ4v) is 2.53. The van der Waals surface area contributed by atoms with E-state index < -0.39 is 0 Å². The highest BCUT2D eigenvalue weighted by molar-refractivity contribution is 5.39. The molecule has 0 amide bonds. The van der Waals surface area contributed by atoms with Crippen molar-refractivity contribution in [3.05, 3.63) is 47.3 Å². The molecule has 20 heavy (non-hydrogen) atoms. The molecule has 1 aliphatic heterocycles. The van der Waals surface area contributed by atoms with Crippen LogP contribution in [-0.2, 0) is 25.9 Å². The van der Waals surface area contributed by atoms with Gasteiger partial charge < -0.3 is 10.1 Å². The van der Waals surface area contributed by atoms with E-state index in [2.05, 4.69) is 41.7 Å². The predicted octanol–water partition coefficient (Wildman–Crippen LogP) is 2.17. The molecule has 1 aromatic carbocycles. The maximum absolute atomic E-state index is 5.53. The summed E-state index contributed by atoms with van der Waals surface area (Å²) in [6.07, 6.45) is 6.12. The summed E-state index contributed by atoms with van der Waals surface area (Å²) in [6, 6.07) is 6.52. The van der Waals surface area contributed by atoms with Crippen molar-refractivity contribution >= 4 is 0 Å². The second-order valence-corrected chi connectivity index (χ2v) is 5.18. The third-order valence-corrected chi connectivity index (χ3v) is 3.65. The van der Waals surface area contributed by atoms with E-state index >= 15 is 0 Å². The molecular formula is C16H21N3O. The van der Waals surface area contributed by atoms with E-state index in [4.69, 9.17) is 4.74 Å². The van der Waals surface area contributed by atoms with Gasteiger partial charge in [-0.3, -0.25) is 4.68 Å². The second kappa shape index (κ2) is 6.09. The van der Waals surface area contributed by atoms with Crippen LogP contribution >= 0.6 is 0 Å². The van der Waals surface area contributed by atoms with Gasteiger partial charge in [-0.2, -0.15) is 5.10 Å². The number of nitrogens with zero attached hydrogens (tertiary/aromatic N) is 2. The first-order valence-electron chi connectivity index (χ1n) is 7.32. The Hall–Kier alpha value is -1.81. The van der Waals surface area contributed by atoms with Gasteiger partial charge in [0.2, 0.25) is 0 Å². The lowest BCUT2D eigenvalue weighted by Gasteiger charge is -2.04. The van der Waals surface area contributed by atoms with Crippen molar-refractivity contribution in [2.45, 2.75) is 32.9 Å². The standard InChI is InChI=1S/C16H21N3O/c1-2-17-10-14-11-18-19(12-14)7-5-13-3-4-16-15(9-13)6-8-20-16/h3-4,9,11-12,17H,2,5-8,10H2,1H3. The number of fused-ring (bicyclic) bond motifs is 1. The molecule has 0 spiro atoms. The summed E-state index contributed by atoms with van der Waals surface area (Å²) in [4.78, 5) is 0. The lowest BCUT2D eigenvalue weighted by Crippen LogP contribution is -2.11. The molecular weight excluding hydrogens is 250 g/mol. The molecule has 1 aromatic heterocycles. The third-order valence-electron chi connectivity index (χ3n) is 3.65. The Morgan fingerprint density at radius 2 is 2.30 bits per heavy atom. The molecule has 1 N–H and O–H groups in total. The molecule has 3 rings (SSSR count). The molecule has 106 valence electrons. The highest BCUT2D eigenvalue weighted by atomic mass is 16.5. The first-order chi connectivity index (χ1) is 9.85. The first-order valence-corrected chi connectivity index (χ1v) is 7.32. The van der Waals surface area contributed by atoms with Gasteiger partial charge in [0.25, 0.3) is 0 Å². The zero-order valence-corrected chi connectivity index (χ0v) is 11.9. The number of nitrogens with one attached hydrogen (secondary N) is 1. The molecule has 1 aliphatic rings. The molecule has 0 unspecified atom stereocenters. The van der Waals surface area contributed by atoms with Crippen molar-refractivity contribution < 1.29 is 4.74 Å². The summed E-state index contributed by atoms with van der Waals surface area (Å²) in [5.74, 6) is 1.06. The summed E-state index contributed by atoms with van der Waals surface area (Å²) in [7, 11) is 0. The van der Waals surface area contributed by atoms with Crippen LogP contribution in [0.15, 0.2) is 30.6 Å². The first kappa shape index (κ1) is 13.2. The van der Waals surface area contributed by atoms with Gasteiger partial charge in [-0.15, -0.1) is 0 Å². The highest BCUT2D eigenvalue weighted by Crippen LogP contribution is 2.26. The quantitative estimate of drug-likeness (QED) is 0.875. The monoisotopic (exact) mass is 271 g/mol. The molecule has 2 heterocycles. The van der Waals surface area contributed by atoms with E-state index in [1.807, 2.05) is 10.9 Å². The van der Waals surface area contributed by atoms with E-state index in [9.17, 15) is 0 Å². The summed E-state index contributed by atoms with van der Waals surface area (Å²) in [6.45, 7) is 5.74. The Labute approximate surface area is 119 Å². The number of hydrogen-bond acceptors (Lipinski definition) is 3. The zero-order chi connectivity index (χ0) is 13.8. The Morgan fingerprint density at radius 3 is 3.20 bits per heavy atom. The van der Waals surface area contributed by atoms with Crippen molar-refractivity contribution in [1.29, 1.82) is 0 Å². The van der Waals surface area contributed by atoms with E-state index in [0.717, 1.165) is 44.8 Å². The number of ether oxygens (including phenoxy) is 1. The summed E-state index contributed by atoms with van der Waals surface area (Å²) in [5, 5.41) is 7.72. The Balaban J connectivity index is 1.57. The van der Waals surface area contributed by atoms with Crippen LogP contribution in [0, 0.1) is 0 Å². The molecule has 2 aromatic rings. The van der Waals surface area contributed by atoms with E-state index in [-0.39, 0.29) is 0 Å². The van der Waals surface area contributed by atoms with Crippen LogP contribution in [0.2, 0.25) is 0 Å². The van der Waals surface area contributed by atoms with Gasteiger partial charge in [0.05, 0.1) is 12.8 Å². The summed E-state index contributed by atoms with van der Waals surface area (Å²) in [5.41, 5.74) is 3.95. The average molecular weight is 271 g/mol. The predicted molar refractivity (Wildman–Crippen MR) is 79.0 cm³/mol. The van der Waals surface area contributed by atoms with Gasteiger partial charge in [0.15, 0.2) is 0 Å². The highest BCUT2D eigenvalue weighted by Gasteiger charge is 2.11. The number of aryl methyl sites for hydroxylation is 2. The fraction of sp³-hybridized carbons (Fsp3) is 0.438. The second-order valence-electron chi connectivity index (χ2n) is 5.18. The van der Waals surface area contributed by atoms with Crippen LogP contribution in [0.1, 0.15) is 23.6 Å². The number of benzene rings is 1. The van der Waals surface area contributed by atoms with Crippen LogP contribution in [0.25, 0.3) is 0 Å². The molecule has 0 saturated heterocycles. The number of hydrogen-bond donors (Lipinski definition) is 1. The van der Waals surface area contributed by atoms with Crippen molar-refractivity contribution in [2.24, 2.45) is 0 Å². The molecule has 4 heteroatoms. The van der Waals surface area contributed by atoms with Crippen molar-refractivity contribution in [3.8, 4) is 5.75 Å². The van der Waals surface area contributed by atoms with Gasteiger partial charge in [-0.25, -0.2) is 0 Å². The molecule has 0 saturated carbocycles. The molecule has 0 radical (unpaired) electrons. The van der Waals surface area contributed by atoms with Gasteiger partial charge in [0.1, 0.15) is 5.75 Å². The van der Waals surface area contributed by atoms with Gasteiger partial charge in [0, 0.05) is 31.3 Å². The number of aromatic nitrogens is 2. The molecule has 0 atom stereocenters. The van der Waals surface area contributed by atoms with Crippen LogP contribution < -0.4 is 10.1 Å². The smallest absolute Gasteiger partial charge is 0.122 e. The van der Waals surface area contributed by atoms with Crippen LogP contribution in [0.5, 0.6) is 5.75 Å². The minimum absolute atomic E-state index is 0.825. The van der Waals surface area contributed by atoms with Gasteiger partial charge >= 0.3 is 0 Å². The molecule has 4 nitrogen and oxygen atoms in total. The number of rotatable bonds is 6. The normalized spacial score (nSPS) is 13.2. The Bertz CT molecular complexity index is 577. The van der Waals surface area contributed by atoms with Crippen LogP contribution in [0.3, 0.4) is 0 Å². The van der Waals surface area contributed by atoms with Crippen molar-refractivity contribution in [2.75, 3.05) is 13.2 Å². The maximum atomic E-state index is 5.53. The minimum Gasteiger partial charge on any atom is -0.493 e. The average Bonchev–Trinajstić information content (AvgIpc) is 3.11. The summed E-state index contributed by atoms with van der Waals surface area (Å²) >= 11 is 0. The van der Waals surface area contributed by atoms with E-state index in [0.29, 0.717) is 0 Å². The molecule has 0 aliphatic carbocycles. The largest absolute Gasteiger partial charge is 0.493 e. The minimum atomic E-state index is 0.825. The third kappa shape index (κ3) is 3.02. The van der Waals surface area contributed by atoms with Crippen molar-refractivity contribution in [3.63, 3.8) is 0 Å². The Kier molecular flexibility index (Phi) is 4.02. The topological polar surface area (TPSA) is 39.1 Å². The zero-order valence-electron chi connectivity index (χ0n) is 11.9. The van der Waals surface area contributed by atoms with E-state index in [1.165, 1.54) is 16.7 Å². The van der Waals surface area contributed by atoms with Gasteiger partial charge in [-0.05, 0) is 30.2 Å². The SMILES string of the molecule is CCNCc1cnn(CCc2ccc3c(c2)CCO3)c1. The van der Waals surface area contributed by atoms with Crippen LogP contribution in [0.4, 0.5) is 0 Å². The van der Waals surface area contributed by atoms with Crippen LogP contribution in [-0.4, -0.2) is 22.9 Å². The maximum Gasteiger partial charge on any atom is 0.122 e. The van der Waals surface area contributed by atoms with Gasteiger partial charge in [-0.1, -0.05) is 19.1 Å². The Morgan fingerprint density at radius 1 is 1.35 bits per heavy atom. The lowest BCUT2D eigenvalue weighted by molar-refractivity contribution is 0.357.